The van der Waals surface area contributed by atoms with Crippen LogP contribution in [0.3, 0.4) is 0 Å². The van der Waals surface area contributed by atoms with Crippen LogP contribution in [0.4, 0.5) is 0 Å². The van der Waals surface area contributed by atoms with E-state index in [4.69, 9.17) is 9.47 Å². The Morgan fingerprint density at radius 2 is 2.26 bits per heavy atom. The number of carbonyl (C=O) groups is 1. The predicted molar refractivity (Wildman–Crippen MR) is 74.5 cm³/mol. The molecule has 0 aliphatic carbocycles. The van der Waals surface area contributed by atoms with Crippen LogP contribution in [0, 0.1) is 0 Å². The van der Waals surface area contributed by atoms with E-state index in [9.17, 15) is 4.79 Å². The molecule has 1 aromatic rings. The Hall–Kier alpha value is -1.51. The van der Waals surface area contributed by atoms with Crippen molar-refractivity contribution in [2.45, 2.75) is 45.4 Å². The second kappa shape index (κ2) is 6.60. The molecule has 3 heteroatoms. The molecule has 0 N–H and O–H groups in total. The third-order valence-electron chi connectivity index (χ3n) is 3.49. The summed E-state index contributed by atoms with van der Waals surface area (Å²) < 4.78 is 11.0. The van der Waals surface area contributed by atoms with Crippen molar-refractivity contribution < 1.29 is 14.3 Å². The van der Waals surface area contributed by atoms with E-state index < -0.39 is 0 Å². The van der Waals surface area contributed by atoms with E-state index in [1.807, 2.05) is 19.1 Å². The molecular formula is C16H22O3. The molecule has 0 aromatic heterocycles. The first-order valence-electron chi connectivity index (χ1n) is 7.19. The number of hydrogen-bond donors (Lipinski definition) is 0. The average molecular weight is 262 g/mol. The molecule has 2 rings (SSSR count). The number of esters is 1. The maximum atomic E-state index is 12.1. The molecule has 1 aliphatic rings. The lowest BCUT2D eigenvalue weighted by Crippen LogP contribution is -2.19. The fraction of sp³-hybridized carbons (Fsp3) is 0.562. The number of carbonyl (C=O) groups excluding carboxylic acids is 1. The van der Waals surface area contributed by atoms with Gasteiger partial charge in [0.05, 0.1) is 19.1 Å². The zero-order valence-corrected chi connectivity index (χ0v) is 11.8. The largest absolute Gasteiger partial charge is 0.493 e. The van der Waals surface area contributed by atoms with Crippen molar-refractivity contribution in [3.05, 3.63) is 29.3 Å². The summed E-state index contributed by atoms with van der Waals surface area (Å²) in [5.41, 5.74) is 2.21. The smallest absolute Gasteiger partial charge is 0.313 e. The van der Waals surface area contributed by atoms with Gasteiger partial charge >= 0.3 is 5.97 Å². The van der Waals surface area contributed by atoms with Crippen LogP contribution in [0.2, 0.25) is 0 Å². The van der Waals surface area contributed by atoms with E-state index in [1.165, 1.54) is 5.56 Å². The minimum absolute atomic E-state index is 0.132. The van der Waals surface area contributed by atoms with Gasteiger partial charge in [0.2, 0.25) is 0 Å². The Kier molecular flexibility index (Phi) is 4.83. The molecule has 0 radical (unpaired) electrons. The minimum atomic E-state index is -0.196. The number of para-hydroxylation sites is 1. The summed E-state index contributed by atoms with van der Waals surface area (Å²) in [5, 5.41) is 0. The van der Waals surface area contributed by atoms with E-state index in [0.29, 0.717) is 6.61 Å². The molecule has 0 fully saturated rings. The van der Waals surface area contributed by atoms with Gasteiger partial charge in [-0.05, 0) is 31.7 Å². The van der Waals surface area contributed by atoms with Gasteiger partial charge in [0, 0.05) is 5.56 Å². The number of hydrogen-bond acceptors (Lipinski definition) is 3. The van der Waals surface area contributed by atoms with E-state index in [1.54, 1.807) is 0 Å². The summed E-state index contributed by atoms with van der Waals surface area (Å²) >= 11 is 0. The second-order valence-electron chi connectivity index (χ2n) is 4.88. The quantitative estimate of drug-likeness (QED) is 0.762. The van der Waals surface area contributed by atoms with Gasteiger partial charge in [-0.25, -0.2) is 0 Å². The zero-order valence-electron chi connectivity index (χ0n) is 11.8. The van der Waals surface area contributed by atoms with Crippen molar-refractivity contribution in [2.24, 2.45) is 0 Å². The molecule has 0 amide bonds. The van der Waals surface area contributed by atoms with E-state index in [0.717, 1.165) is 43.6 Å². The van der Waals surface area contributed by atoms with Crippen LogP contribution in [0.15, 0.2) is 18.2 Å². The van der Waals surface area contributed by atoms with Crippen LogP contribution in [-0.2, 0) is 16.0 Å². The second-order valence-corrected chi connectivity index (χ2v) is 4.88. The molecule has 3 nitrogen and oxygen atoms in total. The van der Waals surface area contributed by atoms with Crippen molar-refractivity contribution >= 4 is 5.97 Å². The number of fused-ring (bicyclic) bond motifs is 1. The Labute approximate surface area is 114 Å². The standard InChI is InChI=1S/C16H22O3/c1-3-7-14(16(17)18-4-2)13-10-5-8-12-9-6-11-19-15(12)13/h5,8,10,14H,3-4,6-7,9,11H2,1-2H3. The molecule has 1 heterocycles. The Bertz CT molecular complexity index is 440. The molecule has 1 atom stereocenters. The summed E-state index contributed by atoms with van der Waals surface area (Å²) in [5.74, 6) is 0.588. The van der Waals surface area contributed by atoms with Gasteiger partial charge in [-0.15, -0.1) is 0 Å². The van der Waals surface area contributed by atoms with E-state index >= 15 is 0 Å². The molecule has 19 heavy (non-hydrogen) atoms. The molecule has 0 spiro atoms. The third-order valence-corrected chi connectivity index (χ3v) is 3.49. The molecule has 104 valence electrons. The summed E-state index contributed by atoms with van der Waals surface area (Å²) in [6.45, 7) is 5.10. The summed E-state index contributed by atoms with van der Waals surface area (Å²) in [4.78, 5) is 12.1. The van der Waals surface area contributed by atoms with Crippen molar-refractivity contribution in [3.8, 4) is 5.75 Å². The minimum Gasteiger partial charge on any atom is -0.493 e. The van der Waals surface area contributed by atoms with Gasteiger partial charge in [0.15, 0.2) is 0 Å². The molecule has 0 saturated heterocycles. The Balaban J connectivity index is 2.33. The van der Waals surface area contributed by atoms with E-state index in [2.05, 4.69) is 13.0 Å². The lowest BCUT2D eigenvalue weighted by atomic mass is 9.90. The van der Waals surface area contributed by atoms with Crippen molar-refractivity contribution in [1.29, 1.82) is 0 Å². The maximum Gasteiger partial charge on any atom is 0.313 e. The molecule has 0 saturated carbocycles. The monoisotopic (exact) mass is 262 g/mol. The van der Waals surface area contributed by atoms with Gasteiger partial charge in [0.1, 0.15) is 5.75 Å². The predicted octanol–water partition coefficient (Wildman–Crippen LogP) is 3.46. The highest BCUT2D eigenvalue weighted by Crippen LogP contribution is 2.36. The summed E-state index contributed by atoms with van der Waals surface area (Å²) in [7, 11) is 0. The lowest BCUT2D eigenvalue weighted by molar-refractivity contribution is -0.145. The SMILES string of the molecule is CCCC(C(=O)OCC)c1cccc2c1OCCC2. The molecule has 1 aromatic carbocycles. The lowest BCUT2D eigenvalue weighted by Gasteiger charge is -2.24. The van der Waals surface area contributed by atoms with Crippen LogP contribution in [0.5, 0.6) is 5.75 Å². The first-order valence-corrected chi connectivity index (χ1v) is 7.19. The highest BCUT2D eigenvalue weighted by Gasteiger charge is 2.26. The molecule has 1 unspecified atom stereocenters. The molecular weight excluding hydrogens is 240 g/mol. The summed E-state index contributed by atoms with van der Waals surface area (Å²) in [6, 6.07) is 6.11. The van der Waals surface area contributed by atoms with E-state index in [-0.39, 0.29) is 11.9 Å². The molecule has 0 bridgehead atoms. The number of benzene rings is 1. The van der Waals surface area contributed by atoms with Crippen molar-refractivity contribution in [1.82, 2.24) is 0 Å². The summed E-state index contributed by atoms with van der Waals surface area (Å²) in [6.07, 6.45) is 3.84. The Morgan fingerprint density at radius 1 is 1.42 bits per heavy atom. The first kappa shape index (κ1) is 13.9. The van der Waals surface area contributed by atoms with Crippen LogP contribution in [-0.4, -0.2) is 19.2 Å². The number of aryl methyl sites for hydroxylation is 1. The van der Waals surface area contributed by atoms with Crippen LogP contribution >= 0.6 is 0 Å². The maximum absolute atomic E-state index is 12.1. The van der Waals surface area contributed by atoms with Crippen LogP contribution in [0.1, 0.15) is 50.2 Å². The zero-order chi connectivity index (χ0) is 13.7. The number of rotatable bonds is 5. The fourth-order valence-corrected chi connectivity index (χ4v) is 2.62. The van der Waals surface area contributed by atoms with Crippen molar-refractivity contribution in [2.75, 3.05) is 13.2 Å². The van der Waals surface area contributed by atoms with Gasteiger partial charge in [-0.3, -0.25) is 4.79 Å². The molecule has 1 aliphatic heterocycles. The van der Waals surface area contributed by atoms with Gasteiger partial charge < -0.3 is 9.47 Å². The number of ether oxygens (including phenoxy) is 2. The normalized spacial score (nSPS) is 15.3. The fourth-order valence-electron chi connectivity index (χ4n) is 2.62. The topological polar surface area (TPSA) is 35.5 Å². The van der Waals surface area contributed by atoms with Gasteiger partial charge in [-0.2, -0.15) is 0 Å². The van der Waals surface area contributed by atoms with Gasteiger partial charge in [0.25, 0.3) is 0 Å². The van der Waals surface area contributed by atoms with Gasteiger partial charge in [-0.1, -0.05) is 31.5 Å². The first-order chi connectivity index (χ1) is 9.27. The highest BCUT2D eigenvalue weighted by molar-refractivity contribution is 5.79. The highest BCUT2D eigenvalue weighted by atomic mass is 16.5. The average Bonchev–Trinajstić information content (AvgIpc) is 2.44. The Morgan fingerprint density at radius 3 is 3.00 bits per heavy atom. The third kappa shape index (κ3) is 3.09. The van der Waals surface area contributed by atoms with Crippen LogP contribution in [0.25, 0.3) is 0 Å². The van der Waals surface area contributed by atoms with Crippen molar-refractivity contribution in [3.63, 3.8) is 0 Å². The van der Waals surface area contributed by atoms with Crippen LogP contribution < -0.4 is 4.74 Å².